The van der Waals surface area contributed by atoms with Crippen molar-refractivity contribution in [3.8, 4) is 11.5 Å². The van der Waals surface area contributed by atoms with Gasteiger partial charge in [-0.2, -0.15) is 0 Å². The molecule has 1 N–H and O–H groups in total. The van der Waals surface area contributed by atoms with Gasteiger partial charge in [0.15, 0.2) is 11.6 Å². The van der Waals surface area contributed by atoms with Gasteiger partial charge in [0.2, 0.25) is 0 Å². The summed E-state index contributed by atoms with van der Waals surface area (Å²) in [5.41, 5.74) is 2.75. The lowest BCUT2D eigenvalue weighted by Gasteiger charge is -2.34. The fourth-order valence-electron chi connectivity index (χ4n) is 3.80. The van der Waals surface area contributed by atoms with Crippen LogP contribution >= 0.6 is 0 Å². The number of methoxy groups -OCH3 is 1. The average molecular weight is 370 g/mol. The van der Waals surface area contributed by atoms with Crippen molar-refractivity contribution in [2.24, 2.45) is 0 Å². The monoisotopic (exact) mass is 370 g/mol. The lowest BCUT2D eigenvalue weighted by atomic mass is 9.89. The Kier molecular flexibility index (Phi) is 4.74. The number of esters is 1. The van der Waals surface area contributed by atoms with Crippen LogP contribution < -0.4 is 19.7 Å². The number of benzene rings is 2. The molecule has 0 spiro atoms. The first-order valence-corrected chi connectivity index (χ1v) is 9.21. The number of ether oxygens (including phenoxy) is 2. The molecule has 0 radical (unpaired) electrons. The summed E-state index contributed by atoms with van der Waals surface area (Å²) >= 11 is 0. The number of rotatable bonds is 3. The Bertz CT molecular complexity index is 871. The van der Waals surface area contributed by atoms with Crippen LogP contribution in [0.2, 0.25) is 0 Å². The number of carbonyl (C=O) groups excluding carboxylic acids is 1. The number of hydrogen-bond acceptors (Lipinski definition) is 5. The average Bonchev–Trinajstić information content (AvgIpc) is 2.67. The first-order chi connectivity index (χ1) is 13.0. The molecule has 1 saturated heterocycles. The van der Waals surface area contributed by atoms with Crippen LogP contribution in [-0.4, -0.2) is 38.8 Å². The van der Waals surface area contributed by atoms with Crippen LogP contribution in [-0.2, 0) is 11.2 Å². The lowest BCUT2D eigenvalue weighted by molar-refractivity contribution is -0.137. The lowest BCUT2D eigenvalue weighted by Crippen LogP contribution is -2.49. The summed E-state index contributed by atoms with van der Waals surface area (Å²) < 4.78 is 24.4. The fourth-order valence-corrected chi connectivity index (χ4v) is 3.80. The van der Waals surface area contributed by atoms with Crippen molar-refractivity contribution in [3.05, 3.63) is 53.3 Å². The van der Waals surface area contributed by atoms with Crippen LogP contribution in [0, 0.1) is 5.82 Å². The largest absolute Gasteiger partial charge is 0.494 e. The van der Waals surface area contributed by atoms with Gasteiger partial charge in [-0.25, -0.2) is 4.39 Å². The zero-order chi connectivity index (χ0) is 19.0. The first-order valence-electron chi connectivity index (χ1n) is 9.21. The van der Waals surface area contributed by atoms with E-state index in [2.05, 4.69) is 23.2 Å². The standard InChI is InChI=1S/C21H23FN2O3/c1-13-12-24(8-7-23-13)16-5-3-15-9-17(21(25)27-19(15)11-16)14-4-6-18(22)20(10-14)26-2/h3-6,10-11,13,17,23H,7-9,12H2,1-2H3/t13-,17?/m0/s1. The minimum Gasteiger partial charge on any atom is -0.494 e. The van der Waals surface area contributed by atoms with Gasteiger partial charge in [-0.1, -0.05) is 12.1 Å². The second-order valence-corrected chi connectivity index (χ2v) is 7.17. The second kappa shape index (κ2) is 7.19. The molecule has 2 aromatic carbocycles. The summed E-state index contributed by atoms with van der Waals surface area (Å²) in [6.07, 6.45) is 0.529. The van der Waals surface area contributed by atoms with E-state index in [9.17, 15) is 9.18 Å². The van der Waals surface area contributed by atoms with Crippen molar-refractivity contribution in [2.45, 2.75) is 25.3 Å². The highest BCUT2D eigenvalue weighted by Gasteiger charge is 2.31. The molecule has 2 aliphatic heterocycles. The van der Waals surface area contributed by atoms with Crippen LogP contribution in [0.15, 0.2) is 36.4 Å². The van der Waals surface area contributed by atoms with E-state index in [1.165, 1.54) is 13.2 Å². The highest BCUT2D eigenvalue weighted by atomic mass is 19.1. The van der Waals surface area contributed by atoms with Crippen molar-refractivity contribution in [1.29, 1.82) is 0 Å². The van der Waals surface area contributed by atoms with E-state index in [0.29, 0.717) is 23.8 Å². The third-order valence-electron chi connectivity index (χ3n) is 5.28. The smallest absolute Gasteiger partial charge is 0.319 e. The molecule has 27 heavy (non-hydrogen) atoms. The number of nitrogens with zero attached hydrogens (tertiary/aromatic N) is 1. The van der Waals surface area contributed by atoms with E-state index < -0.39 is 11.7 Å². The number of hydrogen-bond donors (Lipinski definition) is 1. The summed E-state index contributed by atoms with van der Waals surface area (Å²) in [7, 11) is 1.41. The van der Waals surface area contributed by atoms with E-state index in [1.807, 2.05) is 12.1 Å². The van der Waals surface area contributed by atoms with E-state index in [4.69, 9.17) is 9.47 Å². The fraction of sp³-hybridized carbons (Fsp3) is 0.381. The van der Waals surface area contributed by atoms with Crippen molar-refractivity contribution in [3.63, 3.8) is 0 Å². The number of fused-ring (bicyclic) bond motifs is 1. The molecule has 2 aliphatic rings. The summed E-state index contributed by atoms with van der Waals surface area (Å²) in [6.45, 7) is 4.94. The minimum absolute atomic E-state index is 0.134. The van der Waals surface area contributed by atoms with Gasteiger partial charge in [-0.15, -0.1) is 0 Å². The highest BCUT2D eigenvalue weighted by Crippen LogP contribution is 2.37. The van der Waals surface area contributed by atoms with Gasteiger partial charge in [-0.05, 0) is 42.7 Å². The molecule has 0 aliphatic carbocycles. The summed E-state index contributed by atoms with van der Waals surface area (Å²) in [6, 6.07) is 11.0. The Morgan fingerprint density at radius 3 is 2.89 bits per heavy atom. The van der Waals surface area contributed by atoms with Crippen LogP contribution in [0.25, 0.3) is 0 Å². The van der Waals surface area contributed by atoms with Crippen LogP contribution in [0.5, 0.6) is 11.5 Å². The number of piperazine rings is 1. The second-order valence-electron chi connectivity index (χ2n) is 7.17. The van der Waals surface area contributed by atoms with Gasteiger partial charge < -0.3 is 19.7 Å². The number of nitrogens with one attached hydrogen (secondary N) is 1. The first kappa shape index (κ1) is 17.8. The Labute approximate surface area is 158 Å². The molecule has 1 unspecified atom stereocenters. The molecule has 142 valence electrons. The van der Waals surface area contributed by atoms with Crippen molar-refractivity contribution in [2.75, 3.05) is 31.6 Å². The molecule has 2 atom stereocenters. The zero-order valence-electron chi connectivity index (χ0n) is 15.5. The molecule has 0 amide bonds. The predicted molar refractivity (Wildman–Crippen MR) is 101 cm³/mol. The van der Waals surface area contributed by atoms with Crippen LogP contribution in [0.3, 0.4) is 0 Å². The highest BCUT2D eigenvalue weighted by molar-refractivity contribution is 5.83. The molecule has 0 aromatic heterocycles. The molecule has 0 bridgehead atoms. The van der Waals surface area contributed by atoms with Crippen molar-refractivity contribution < 1.29 is 18.7 Å². The molecule has 4 rings (SSSR count). The van der Waals surface area contributed by atoms with E-state index in [1.54, 1.807) is 12.1 Å². The summed E-state index contributed by atoms with van der Waals surface area (Å²) in [5, 5.41) is 3.42. The quantitative estimate of drug-likeness (QED) is 0.665. The van der Waals surface area contributed by atoms with Gasteiger partial charge >= 0.3 is 5.97 Å². The Morgan fingerprint density at radius 1 is 1.26 bits per heavy atom. The minimum atomic E-state index is -0.461. The maximum absolute atomic E-state index is 13.7. The number of carbonyl (C=O) groups is 1. The predicted octanol–water partition coefficient (Wildman–Crippen LogP) is 2.88. The van der Waals surface area contributed by atoms with Gasteiger partial charge in [0, 0.05) is 37.4 Å². The Morgan fingerprint density at radius 2 is 2.11 bits per heavy atom. The SMILES string of the molecule is COc1cc(C2Cc3ccc(N4CCN[C@@H](C)C4)cc3OC2=O)ccc1F. The Balaban J connectivity index is 1.58. The van der Waals surface area contributed by atoms with Gasteiger partial charge in [0.25, 0.3) is 0 Å². The topological polar surface area (TPSA) is 50.8 Å². The third kappa shape index (κ3) is 3.49. The molecule has 2 aromatic rings. The van der Waals surface area contributed by atoms with Crippen molar-refractivity contribution in [1.82, 2.24) is 5.32 Å². The normalized spacial score (nSPS) is 22.2. The van der Waals surface area contributed by atoms with Gasteiger partial charge in [0.05, 0.1) is 13.0 Å². The van der Waals surface area contributed by atoms with Crippen molar-refractivity contribution >= 4 is 11.7 Å². The zero-order valence-corrected chi connectivity index (χ0v) is 15.5. The van der Waals surface area contributed by atoms with Gasteiger partial charge in [0.1, 0.15) is 5.75 Å². The maximum atomic E-state index is 13.7. The molecule has 2 heterocycles. The van der Waals surface area contributed by atoms with E-state index in [0.717, 1.165) is 30.9 Å². The molecule has 5 nitrogen and oxygen atoms in total. The maximum Gasteiger partial charge on any atom is 0.319 e. The van der Waals surface area contributed by atoms with E-state index >= 15 is 0 Å². The Hall–Kier alpha value is -2.60. The molecule has 6 heteroatoms. The molecule has 1 fully saturated rings. The summed E-state index contributed by atoms with van der Waals surface area (Å²) in [4.78, 5) is 14.9. The number of anilines is 1. The van der Waals surface area contributed by atoms with Crippen LogP contribution in [0.4, 0.5) is 10.1 Å². The molecule has 0 saturated carbocycles. The van der Waals surface area contributed by atoms with Crippen LogP contribution in [0.1, 0.15) is 24.0 Å². The molecular weight excluding hydrogens is 347 g/mol. The third-order valence-corrected chi connectivity index (χ3v) is 5.28. The number of halogens is 1. The summed E-state index contributed by atoms with van der Waals surface area (Å²) in [5.74, 6) is -0.469. The molecular formula is C21H23FN2O3. The van der Waals surface area contributed by atoms with Gasteiger partial charge in [-0.3, -0.25) is 4.79 Å². The van der Waals surface area contributed by atoms with E-state index in [-0.39, 0.29) is 11.7 Å².